The number of carbonyl (C=O) groups excluding carboxylic acids is 1. The third-order valence-corrected chi connectivity index (χ3v) is 3.05. The van der Waals surface area contributed by atoms with E-state index in [1.54, 1.807) is 18.2 Å². The Morgan fingerprint density at radius 2 is 2.05 bits per heavy atom. The van der Waals surface area contributed by atoms with Crippen molar-refractivity contribution in [2.75, 3.05) is 11.9 Å². The first-order valence-corrected chi connectivity index (χ1v) is 6.51. The van der Waals surface area contributed by atoms with E-state index in [1.165, 1.54) is 24.3 Å². The van der Waals surface area contributed by atoms with Crippen molar-refractivity contribution in [2.24, 2.45) is 0 Å². The molecule has 1 amide bonds. The Morgan fingerprint density at radius 3 is 2.75 bits per heavy atom. The minimum atomic E-state index is -0.428. The maximum absolute atomic E-state index is 12.9. The number of aromatic hydroxyl groups is 1. The first-order valence-electron chi connectivity index (χ1n) is 5.72. The van der Waals surface area contributed by atoms with Crippen LogP contribution >= 0.6 is 15.9 Å². The third-order valence-electron chi connectivity index (χ3n) is 2.43. The molecule has 4 nitrogen and oxygen atoms in total. The largest absolute Gasteiger partial charge is 0.506 e. The number of anilines is 1. The van der Waals surface area contributed by atoms with Crippen LogP contribution in [0.5, 0.6) is 11.5 Å². The second-order valence-electron chi connectivity index (χ2n) is 3.93. The van der Waals surface area contributed by atoms with Gasteiger partial charge in [0.25, 0.3) is 5.91 Å². The van der Waals surface area contributed by atoms with E-state index in [9.17, 15) is 14.3 Å². The maximum Gasteiger partial charge on any atom is 0.262 e. The number of carbonyl (C=O) groups is 1. The molecule has 0 spiro atoms. The fourth-order valence-corrected chi connectivity index (χ4v) is 1.97. The van der Waals surface area contributed by atoms with Gasteiger partial charge in [-0.1, -0.05) is 12.1 Å². The SMILES string of the molecule is O=C(COc1ccc(F)cc1Br)Nc1ccccc1O. The van der Waals surface area contributed by atoms with Crippen LogP contribution in [0.4, 0.5) is 10.1 Å². The lowest BCUT2D eigenvalue weighted by atomic mass is 10.3. The van der Waals surface area contributed by atoms with Crippen LogP contribution in [-0.2, 0) is 4.79 Å². The van der Waals surface area contributed by atoms with Crippen LogP contribution in [0.15, 0.2) is 46.9 Å². The monoisotopic (exact) mass is 339 g/mol. The van der Waals surface area contributed by atoms with Gasteiger partial charge in [-0.3, -0.25) is 4.79 Å². The highest BCUT2D eigenvalue weighted by Gasteiger charge is 2.08. The summed E-state index contributed by atoms with van der Waals surface area (Å²) in [4.78, 5) is 11.7. The van der Waals surface area contributed by atoms with Gasteiger partial charge in [0, 0.05) is 0 Å². The highest BCUT2D eigenvalue weighted by Crippen LogP contribution is 2.25. The predicted octanol–water partition coefficient (Wildman–Crippen LogP) is 3.31. The number of halogens is 2. The van der Waals surface area contributed by atoms with Gasteiger partial charge in [-0.15, -0.1) is 0 Å². The van der Waals surface area contributed by atoms with Crippen LogP contribution in [0.1, 0.15) is 0 Å². The fraction of sp³-hybridized carbons (Fsp3) is 0.0714. The molecule has 0 atom stereocenters. The number of phenols is 1. The zero-order chi connectivity index (χ0) is 14.5. The number of nitrogens with one attached hydrogen (secondary N) is 1. The van der Waals surface area contributed by atoms with Crippen LogP contribution in [-0.4, -0.2) is 17.6 Å². The average Bonchev–Trinajstić information content (AvgIpc) is 2.40. The molecule has 2 aromatic carbocycles. The van der Waals surface area contributed by atoms with Crippen molar-refractivity contribution in [3.8, 4) is 11.5 Å². The topological polar surface area (TPSA) is 58.6 Å². The van der Waals surface area contributed by atoms with E-state index in [0.29, 0.717) is 15.9 Å². The first-order chi connectivity index (χ1) is 9.56. The lowest BCUT2D eigenvalue weighted by Gasteiger charge is -2.09. The van der Waals surface area contributed by atoms with Gasteiger partial charge >= 0.3 is 0 Å². The molecule has 0 fully saturated rings. The molecule has 2 aromatic rings. The summed E-state index contributed by atoms with van der Waals surface area (Å²) < 4.78 is 18.6. The van der Waals surface area contributed by atoms with Gasteiger partial charge in [0.2, 0.25) is 0 Å². The molecule has 0 heterocycles. The molecule has 20 heavy (non-hydrogen) atoms. The van der Waals surface area contributed by atoms with Crippen molar-refractivity contribution in [3.63, 3.8) is 0 Å². The summed E-state index contributed by atoms with van der Waals surface area (Å²) >= 11 is 3.14. The first kappa shape index (κ1) is 14.3. The Balaban J connectivity index is 1.94. The minimum Gasteiger partial charge on any atom is -0.506 e. The lowest BCUT2D eigenvalue weighted by Crippen LogP contribution is -2.20. The molecular formula is C14H11BrFNO3. The molecule has 2 N–H and O–H groups in total. The molecule has 6 heteroatoms. The van der Waals surface area contributed by atoms with Gasteiger partial charge in [-0.05, 0) is 46.3 Å². The second-order valence-corrected chi connectivity index (χ2v) is 4.78. The summed E-state index contributed by atoms with van der Waals surface area (Å²) in [5, 5.41) is 12.0. The van der Waals surface area contributed by atoms with Crippen molar-refractivity contribution in [3.05, 3.63) is 52.8 Å². The van der Waals surface area contributed by atoms with E-state index in [0.717, 1.165) is 0 Å². The van der Waals surface area contributed by atoms with E-state index in [4.69, 9.17) is 4.74 Å². The number of ether oxygens (including phenoxy) is 1. The Hall–Kier alpha value is -2.08. The van der Waals surface area contributed by atoms with Crippen molar-refractivity contribution in [2.45, 2.75) is 0 Å². The Kier molecular flexibility index (Phi) is 4.57. The van der Waals surface area contributed by atoms with Crippen LogP contribution in [0.25, 0.3) is 0 Å². The van der Waals surface area contributed by atoms with E-state index >= 15 is 0 Å². The molecule has 0 radical (unpaired) electrons. The second kappa shape index (κ2) is 6.38. The molecule has 0 aromatic heterocycles. The van der Waals surface area contributed by atoms with E-state index < -0.39 is 11.7 Å². The molecule has 0 aliphatic carbocycles. The Morgan fingerprint density at radius 1 is 1.30 bits per heavy atom. The van der Waals surface area contributed by atoms with Crippen LogP contribution in [0.2, 0.25) is 0 Å². The summed E-state index contributed by atoms with van der Waals surface area (Å²) in [6.07, 6.45) is 0. The average molecular weight is 340 g/mol. The quantitative estimate of drug-likeness (QED) is 0.840. The highest BCUT2D eigenvalue weighted by atomic mass is 79.9. The summed E-state index contributed by atoms with van der Waals surface area (Å²) in [6, 6.07) is 10.3. The standard InChI is InChI=1S/C14H11BrFNO3/c15-10-7-9(16)5-6-13(10)20-8-14(19)17-11-3-1-2-4-12(11)18/h1-7,18H,8H2,(H,17,19). The number of hydrogen-bond donors (Lipinski definition) is 2. The van der Waals surface area contributed by atoms with Crippen LogP contribution < -0.4 is 10.1 Å². The van der Waals surface area contributed by atoms with Crippen LogP contribution in [0.3, 0.4) is 0 Å². The summed E-state index contributed by atoms with van der Waals surface area (Å²) in [5.41, 5.74) is 0.305. The lowest BCUT2D eigenvalue weighted by molar-refractivity contribution is -0.118. The van der Waals surface area contributed by atoms with Crippen molar-refractivity contribution < 1.29 is 19.0 Å². The van der Waals surface area contributed by atoms with Crippen molar-refractivity contribution in [1.82, 2.24) is 0 Å². The molecule has 104 valence electrons. The van der Waals surface area contributed by atoms with E-state index in [2.05, 4.69) is 21.2 Å². The fourth-order valence-electron chi connectivity index (χ4n) is 1.50. The molecule has 0 unspecified atom stereocenters. The zero-order valence-electron chi connectivity index (χ0n) is 10.3. The minimum absolute atomic E-state index is 0.0242. The Bertz CT molecular complexity index is 634. The predicted molar refractivity (Wildman–Crippen MR) is 76.3 cm³/mol. The van der Waals surface area contributed by atoms with Gasteiger partial charge < -0.3 is 15.2 Å². The van der Waals surface area contributed by atoms with E-state index in [-0.39, 0.29) is 12.4 Å². The molecule has 2 rings (SSSR count). The molecule has 0 saturated heterocycles. The van der Waals surface area contributed by atoms with Gasteiger partial charge in [0.15, 0.2) is 6.61 Å². The maximum atomic E-state index is 12.9. The van der Waals surface area contributed by atoms with Gasteiger partial charge in [0.1, 0.15) is 17.3 Å². The molecule has 0 aliphatic rings. The normalized spacial score (nSPS) is 10.1. The number of benzene rings is 2. The zero-order valence-corrected chi connectivity index (χ0v) is 11.9. The molecule has 0 bridgehead atoms. The number of hydrogen-bond acceptors (Lipinski definition) is 3. The molecular weight excluding hydrogens is 329 g/mol. The number of para-hydroxylation sites is 2. The summed E-state index contributed by atoms with van der Waals surface area (Å²) in [5.74, 6) is -0.492. The highest BCUT2D eigenvalue weighted by molar-refractivity contribution is 9.10. The van der Waals surface area contributed by atoms with Gasteiger partial charge in [0.05, 0.1) is 10.2 Å². The van der Waals surface area contributed by atoms with Gasteiger partial charge in [-0.25, -0.2) is 4.39 Å². The smallest absolute Gasteiger partial charge is 0.262 e. The summed E-state index contributed by atoms with van der Waals surface area (Å²) in [6.45, 7) is -0.251. The Labute approximate surface area is 123 Å². The number of amides is 1. The van der Waals surface area contributed by atoms with Crippen molar-refractivity contribution in [1.29, 1.82) is 0 Å². The molecule has 0 aliphatic heterocycles. The number of rotatable bonds is 4. The number of phenolic OH excluding ortho intramolecular Hbond substituents is 1. The van der Waals surface area contributed by atoms with Crippen molar-refractivity contribution >= 4 is 27.5 Å². The third kappa shape index (κ3) is 3.71. The van der Waals surface area contributed by atoms with Crippen LogP contribution in [0, 0.1) is 5.82 Å². The van der Waals surface area contributed by atoms with E-state index in [1.807, 2.05) is 0 Å². The molecule has 0 saturated carbocycles. The summed E-state index contributed by atoms with van der Waals surface area (Å²) in [7, 11) is 0. The van der Waals surface area contributed by atoms with Gasteiger partial charge in [-0.2, -0.15) is 0 Å².